The Morgan fingerprint density at radius 1 is 1.23 bits per heavy atom. The first-order chi connectivity index (χ1) is 10.4. The molecule has 1 fully saturated rings. The van der Waals surface area contributed by atoms with Crippen molar-refractivity contribution in [2.75, 3.05) is 31.2 Å². The standard InChI is InChI=1S/C16H25N3O3/c1-16(2,3)22-15(20)18-17-12-13-4-6-14(7-5-13)19-8-10-21-11-9-19/h4-7,17H,8-12H2,1-3H3,(H,18,20). The van der Waals surface area contributed by atoms with Gasteiger partial charge in [0.15, 0.2) is 0 Å². The number of hydrogen-bond acceptors (Lipinski definition) is 5. The average Bonchev–Trinajstić information content (AvgIpc) is 2.47. The summed E-state index contributed by atoms with van der Waals surface area (Å²) in [6.07, 6.45) is -0.475. The van der Waals surface area contributed by atoms with Crippen LogP contribution in [-0.4, -0.2) is 38.0 Å². The first-order valence-electron chi connectivity index (χ1n) is 7.57. The summed E-state index contributed by atoms with van der Waals surface area (Å²) in [7, 11) is 0. The van der Waals surface area contributed by atoms with Crippen molar-refractivity contribution >= 4 is 11.8 Å². The Morgan fingerprint density at radius 3 is 2.45 bits per heavy atom. The van der Waals surface area contributed by atoms with Crippen molar-refractivity contribution in [2.45, 2.75) is 32.9 Å². The van der Waals surface area contributed by atoms with Gasteiger partial charge in [-0.25, -0.2) is 10.2 Å². The second-order valence-corrected chi connectivity index (χ2v) is 6.25. The van der Waals surface area contributed by atoms with Crippen LogP contribution in [-0.2, 0) is 16.0 Å². The molecule has 2 N–H and O–H groups in total. The molecule has 0 bridgehead atoms. The molecule has 1 aliphatic heterocycles. The summed E-state index contributed by atoms with van der Waals surface area (Å²) in [4.78, 5) is 13.8. The molecule has 0 radical (unpaired) electrons. The van der Waals surface area contributed by atoms with E-state index in [0.717, 1.165) is 31.9 Å². The maximum Gasteiger partial charge on any atom is 0.422 e. The summed E-state index contributed by atoms with van der Waals surface area (Å²) < 4.78 is 10.5. The van der Waals surface area contributed by atoms with Gasteiger partial charge in [0, 0.05) is 25.3 Å². The van der Waals surface area contributed by atoms with Crippen molar-refractivity contribution in [1.29, 1.82) is 0 Å². The number of benzene rings is 1. The molecule has 22 heavy (non-hydrogen) atoms. The minimum absolute atomic E-state index is 0.475. The zero-order valence-corrected chi connectivity index (χ0v) is 13.5. The molecule has 0 aliphatic carbocycles. The minimum atomic E-state index is -0.494. The van der Waals surface area contributed by atoms with Crippen molar-refractivity contribution in [1.82, 2.24) is 10.9 Å². The first-order valence-corrected chi connectivity index (χ1v) is 7.57. The molecule has 2 rings (SSSR count). The summed E-state index contributed by atoms with van der Waals surface area (Å²) in [6, 6.07) is 8.29. The van der Waals surface area contributed by atoms with Crippen LogP contribution in [0.3, 0.4) is 0 Å². The predicted molar refractivity (Wildman–Crippen MR) is 85.7 cm³/mol. The van der Waals surface area contributed by atoms with E-state index in [0.29, 0.717) is 6.54 Å². The van der Waals surface area contributed by atoms with E-state index in [9.17, 15) is 4.79 Å². The van der Waals surface area contributed by atoms with E-state index in [1.807, 2.05) is 20.8 Å². The quantitative estimate of drug-likeness (QED) is 0.834. The van der Waals surface area contributed by atoms with E-state index in [4.69, 9.17) is 9.47 Å². The Kier molecular flexibility index (Phi) is 5.63. The molecule has 1 saturated heterocycles. The molecule has 1 aromatic rings. The Bertz CT molecular complexity index is 476. The molecule has 1 aromatic carbocycles. The van der Waals surface area contributed by atoms with Gasteiger partial charge in [0.1, 0.15) is 5.60 Å². The highest BCUT2D eigenvalue weighted by molar-refractivity contribution is 5.67. The molecule has 1 aliphatic rings. The monoisotopic (exact) mass is 307 g/mol. The Balaban J connectivity index is 1.75. The van der Waals surface area contributed by atoms with Crippen LogP contribution < -0.4 is 15.8 Å². The van der Waals surface area contributed by atoms with E-state index in [2.05, 4.69) is 40.0 Å². The predicted octanol–water partition coefficient (Wildman–Crippen LogP) is 2.05. The summed E-state index contributed by atoms with van der Waals surface area (Å²) in [6.45, 7) is 9.45. The van der Waals surface area contributed by atoms with Crippen LogP contribution in [0.1, 0.15) is 26.3 Å². The minimum Gasteiger partial charge on any atom is -0.443 e. The highest BCUT2D eigenvalue weighted by Crippen LogP contribution is 2.16. The molecule has 0 saturated carbocycles. The van der Waals surface area contributed by atoms with Gasteiger partial charge < -0.3 is 14.4 Å². The Morgan fingerprint density at radius 2 is 1.86 bits per heavy atom. The number of nitrogens with one attached hydrogen (secondary N) is 2. The smallest absolute Gasteiger partial charge is 0.422 e. The van der Waals surface area contributed by atoms with E-state index in [1.165, 1.54) is 5.69 Å². The lowest BCUT2D eigenvalue weighted by Crippen LogP contribution is -2.40. The van der Waals surface area contributed by atoms with Crippen LogP contribution in [0.2, 0.25) is 0 Å². The molecule has 122 valence electrons. The van der Waals surface area contributed by atoms with Crippen LogP contribution in [0.4, 0.5) is 10.5 Å². The highest BCUT2D eigenvalue weighted by Gasteiger charge is 2.15. The van der Waals surface area contributed by atoms with Gasteiger partial charge in [-0.05, 0) is 38.5 Å². The summed E-state index contributed by atoms with van der Waals surface area (Å²) in [5, 5.41) is 0. The number of carbonyl (C=O) groups is 1. The topological polar surface area (TPSA) is 62.8 Å². The highest BCUT2D eigenvalue weighted by atomic mass is 16.6. The van der Waals surface area contributed by atoms with Crippen molar-refractivity contribution in [3.63, 3.8) is 0 Å². The van der Waals surface area contributed by atoms with Gasteiger partial charge in [-0.15, -0.1) is 0 Å². The zero-order valence-electron chi connectivity index (χ0n) is 13.5. The normalized spacial score (nSPS) is 15.5. The maximum atomic E-state index is 11.5. The van der Waals surface area contributed by atoms with Gasteiger partial charge in [0.25, 0.3) is 0 Å². The third-order valence-electron chi connectivity index (χ3n) is 3.19. The van der Waals surface area contributed by atoms with E-state index < -0.39 is 11.7 Å². The molecule has 1 heterocycles. The molecule has 0 atom stereocenters. The lowest BCUT2D eigenvalue weighted by molar-refractivity contribution is 0.0497. The van der Waals surface area contributed by atoms with Crippen LogP contribution in [0, 0.1) is 0 Å². The molecular weight excluding hydrogens is 282 g/mol. The Hall–Kier alpha value is -1.79. The number of morpholine rings is 1. The molecule has 6 nitrogen and oxygen atoms in total. The summed E-state index contributed by atoms with van der Waals surface area (Å²) in [5.74, 6) is 0. The molecule has 6 heteroatoms. The van der Waals surface area contributed by atoms with Crippen molar-refractivity contribution in [3.8, 4) is 0 Å². The number of rotatable bonds is 4. The number of hydrazine groups is 1. The fourth-order valence-electron chi connectivity index (χ4n) is 2.17. The van der Waals surface area contributed by atoms with Gasteiger partial charge in [0.2, 0.25) is 0 Å². The van der Waals surface area contributed by atoms with Gasteiger partial charge in [0.05, 0.1) is 13.2 Å². The van der Waals surface area contributed by atoms with E-state index >= 15 is 0 Å². The fraction of sp³-hybridized carbons (Fsp3) is 0.562. The molecule has 0 aromatic heterocycles. The molecular formula is C16H25N3O3. The third-order valence-corrected chi connectivity index (χ3v) is 3.19. The summed E-state index contributed by atoms with van der Waals surface area (Å²) >= 11 is 0. The van der Waals surface area contributed by atoms with Crippen LogP contribution in [0.15, 0.2) is 24.3 Å². The second kappa shape index (κ2) is 7.47. The van der Waals surface area contributed by atoms with Crippen LogP contribution >= 0.6 is 0 Å². The van der Waals surface area contributed by atoms with Crippen molar-refractivity contribution in [3.05, 3.63) is 29.8 Å². The third kappa shape index (κ3) is 5.54. The summed E-state index contributed by atoms with van der Waals surface area (Å²) in [5.41, 5.74) is 7.19. The van der Waals surface area contributed by atoms with Gasteiger partial charge >= 0.3 is 6.09 Å². The lowest BCUT2D eigenvalue weighted by atomic mass is 10.2. The van der Waals surface area contributed by atoms with Gasteiger partial charge in [-0.2, -0.15) is 0 Å². The van der Waals surface area contributed by atoms with Crippen LogP contribution in [0.25, 0.3) is 0 Å². The largest absolute Gasteiger partial charge is 0.443 e. The Labute approximate surface area is 131 Å². The average molecular weight is 307 g/mol. The lowest BCUT2D eigenvalue weighted by Gasteiger charge is -2.28. The number of ether oxygens (including phenoxy) is 2. The van der Waals surface area contributed by atoms with E-state index in [1.54, 1.807) is 0 Å². The second-order valence-electron chi connectivity index (χ2n) is 6.25. The van der Waals surface area contributed by atoms with Crippen LogP contribution in [0.5, 0.6) is 0 Å². The molecule has 1 amide bonds. The number of anilines is 1. The first kappa shape index (κ1) is 16.6. The molecule has 0 unspecified atom stereocenters. The number of hydrogen-bond donors (Lipinski definition) is 2. The SMILES string of the molecule is CC(C)(C)OC(=O)NNCc1ccc(N2CCOCC2)cc1. The fourth-order valence-corrected chi connectivity index (χ4v) is 2.17. The van der Waals surface area contributed by atoms with Crippen molar-refractivity contribution in [2.24, 2.45) is 0 Å². The molecule has 0 spiro atoms. The maximum absolute atomic E-state index is 11.5. The number of nitrogens with zero attached hydrogens (tertiary/aromatic N) is 1. The number of carbonyl (C=O) groups excluding carboxylic acids is 1. The zero-order chi connectivity index (χ0) is 16.0. The van der Waals surface area contributed by atoms with Gasteiger partial charge in [-0.3, -0.25) is 5.43 Å². The van der Waals surface area contributed by atoms with Gasteiger partial charge in [-0.1, -0.05) is 12.1 Å². The van der Waals surface area contributed by atoms with E-state index in [-0.39, 0.29) is 0 Å². The number of amides is 1. The van der Waals surface area contributed by atoms with Crippen molar-refractivity contribution < 1.29 is 14.3 Å².